The van der Waals surface area contributed by atoms with E-state index in [1.807, 2.05) is 27.7 Å². The van der Waals surface area contributed by atoms with Crippen molar-refractivity contribution in [3.05, 3.63) is 22.5 Å². The average Bonchev–Trinajstić information content (AvgIpc) is 2.63. The van der Waals surface area contributed by atoms with E-state index in [0.29, 0.717) is 17.8 Å². The number of ether oxygens (including phenoxy) is 1. The van der Waals surface area contributed by atoms with Crippen molar-refractivity contribution in [3.8, 4) is 0 Å². The van der Waals surface area contributed by atoms with Gasteiger partial charge in [0.05, 0.1) is 24.4 Å². The van der Waals surface area contributed by atoms with Gasteiger partial charge in [0.15, 0.2) is 11.6 Å². The predicted molar refractivity (Wildman–Crippen MR) is 81.1 cm³/mol. The molecule has 1 aromatic heterocycles. The smallest absolute Gasteiger partial charge is 0.193 e. The lowest BCUT2D eigenvalue weighted by Gasteiger charge is -2.34. The fourth-order valence-electron chi connectivity index (χ4n) is 3.25. The normalized spacial score (nSPS) is 23.3. The molecule has 1 aromatic rings. The maximum atomic E-state index is 12.5. The van der Waals surface area contributed by atoms with Gasteiger partial charge >= 0.3 is 0 Å². The number of nitrogens with zero attached hydrogens (tertiary/aromatic N) is 1. The molecule has 0 aliphatic carbocycles. The third-order valence-electron chi connectivity index (χ3n) is 3.93. The molecule has 2 atom stereocenters. The molecule has 116 valence electrons. The van der Waals surface area contributed by atoms with Gasteiger partial charge < -0.3 is 9.72 Å². The summed E-state index contributed by atoms with van der Waals surface area (Å²) >= 11 is 0. The molecule has 1 aliphatic heterocycles. The molecule has 2 heterocycles. The van der Waals surface area contributed by atoms with E-state index >= 15 is 0 Å². The molecule has 0 spiro atoms. The largest absolute Gasteiger partial charge is 0.373 e. The van der Waals surface area contributed by atoms with Gasteiger partial charge in [-0.05, 0) is 40.2 Å². The fourth-order valence-corrected chi connectivity index (χ4v) is 3.25. The van der Waals surface area contributed by atoms with E-state index in [1.54, 1.807) is 0 Å². The van der Waals surface area contributed by atoms with E-state index in [0.717, 1.165) is 24.3 Å². The van der Waals surface area contributed by atoms with E-state index in [2.05, 4.69) is 9.88 Å². The van der Waals surface area contributed by atoms with Crippen LogP contribution in [-0.4, -0.2) is 53.3 Å². The topological polar surface area (TPSA) is 62.4 Å². The van der Waals surface area contributed by atoms with Gasteiger partial charge in [0.2, 0.25) is 0 Å². The number of ketones is 2. The quantitative estimate of drug-likeness (QED) is 0.864. The molecule has 1 saturated heterocycles. The Bertz CT molecular complexity index is 552. The summed E-state index contributed by atoms with van der Waals surface area (Å²) < 4.78 is 5.68. The minimum absolute atomic E-state index is 0.00563. The summed E-state index contributed by atoms with van der Waals surface area (Å²) in [5.74, 6) is 0.0262. The summed E-state index contributed by atoms with van der Waals surface area (Å²) in [5, 5.41) is 0. The lowest BCUT2D eigenvalue weighted by Crippen LogP contribution is -2.47. The van der Waals surface area contributed by atoms with Crippen LogP contribution in [0.2, 0.25) is 0 Å². The Morgan fingerprint density at radius 2 is 1.81 bits per heavy atom. The summed E-state index contributed by atoms with van der Waals surface area (Å²) in [6, 6.07) is 0. The Hall–Kier alpha value is -1.46. The maximum absolute atomic E-state index is 12.5. The molecule has 0 saturated carbocycles. The Kier molecular flexibility index (Phi) is 4.64. The molecular weight excluding hydrogens is 268 g/mol. The van der Waals surface area contributed by atoms with Crippen LogP contribution in [0.15, 0.2) is 0 Å². The highest BCUT2D eigenvalue weighted by molar-refractivity contribution is 6.03. The molecule has 2 rings (SSSR count). The number of hydrogen-bond donors (Lipinski definition) is 1. The van der Waals surface area contributed by atoms with Crippen molar-refractivity contribution in [2.45, 2.75) is 46.8 Å². The van der Waals surface area contributed by atoms with Crippen molar-refractivity contribution in [2.24, 2.45) is 0 Å². The third kappa shape index (κ3) is 3.41. The minimum Gasteiger partial charge on any atom is -0.373 e. The summed E-state index contributed by atoms with van der Waals surface area (Å²) in [5.41, 5.74) is 2.73. The number of morpholine rings is 1. The first-order valence-electron chi connectivity index (χ1n) is 7.40. The van der Waals surface area contributed by atoms with Gasteiger partial charge in [-0.1, -0.05) is 0 Å². The number of carbonyl (C=O) groups excluding carboxylic acids is 2. The van der Waals surface area contributed by atoms with Gasteiger partial charge in [0.25, 0.3) is 0 Å². The van der Waals surface area contributed by atoms with E-state index in [-0.39, 0.29) is 23.8 Å². The highest BCUT2D eigenvalue weighted by atomic mass is 16.5. The van der Waals surface area contributed by atoms with Crippen LogP contribution in [0.4, 0.5) is 0 Å². The molecule has 0 amide bonds. The van der Waals surface area contributed by atoms with E-state index < -0.39 is 0 Å². The second-order valence-corrected chi connectivity index (χ2v) is 6.06. The van der Waals surface area contributed by atoms with Crippen LogP contribution in [0, 0.1) is 13.8 Å². The van der Waals surface area contributed by atoms with Gasteiger partial charge in [-0.2, -0.15) is 0 Å². The second-order valence-electron chi connectivity index (χ2n) is 6.06. The van der Waals surface area contributed by atoms with Crippen LogP contribution in [0.25, 0.3) is 0 Å². The van der Waals surface area contributed by atoms with E-state index in [1.165, 1.54) is 6.92 Å². The van der Waals surface area contributed by atoms with Gasteiger partial charge in [-0.15, -0.1) is 0 Å². The van der Waals surface area contributed by atoms with E-state index in [4.69, 9.17) is 4.74 Å². The second kappa shape index (κ2) is 6.12. The van der Waals surface area contributed by atoms with Crippen molar-refractivity contribution >= 4 is 11.6 Å². The average molecular weight is 292 g/mol. The molecule has 5 heteroatoms. The SMILES string of the molecule is CC(=O)c1c(C)[nH]c(C(=O)CN2C[C@@H](C)O[C@@H](C)C2)c1C. The first kappa shape index (κ1) is 15.9. The zero-order valence-corrected chi connectivity index (χ0v) is 13.4. The van der Waals surface area contributed by atoms with Crippen molar-refractivity contribution < 1.29 is 14.3 Å². The van der Waals surface area contributed by atoms with Crippen LogP contribution in [0.3, 0.4) is 0 Å². The lowest BCUT2D eigenvalue weighted by molar-refractivity contribution is -0.0652. The number of Topliss-reactive ketones (excluding diaryl/α,β-unsaturated/α-hetero) is 2. The van der Waals surface area contributed by atoms with Crippen LogP contribution < -0.4 is 0 Å². The molecule has 0 radical (unpaired) electrons. The third-order valence-corrected chi connectivity index (χ3v) is 3.93. The molecule has 0 bridgehead atoms. The van der Waals surface area contributed by atoms with E-state index in [9.17, 15) is 9.59 Å². The summed E-state index contributed by atoms with van der Waals surface area (Å²) in [7, 11) is 0. The van der Waals surface area contributed by atoms with Crippen molar-refractivity contribution in [1.82, 2.24) is 9.88 Å². The molecule has 5 nitrogen and oxygen atoms in total. The van der Waals surface area contributed by atoms with Crippen molar-refractivity contribution in [1.29, 1.82) is 0 Å². The van der Waals surface area contributed by atoms with Gasteiger partial charge in [-0.25, -0.2) is 0 Å². The highest BCUT2D eigenvalue weighted by Gasteiger charge is 2.26. The number of aryl methyl sites for hydroxylation is 1. The molecule has 0 aromatic carbocycles. The van der Waals surface area contributed by atoms with Crippen molar-refractivity contribution in [3.63, 3.8) is 0 Å². The Morgan fingerprint density at radius 3 is 2.29 bits per heavy atom. The van der Waals surface area contributed by atoms with Crippen LogP contribution in [0.5, 0.6) is 0 Å². The van der Waals surface area contributed by atoms with Crippen LogP contribution in [-0.2, 0) is 4.74 Å². The minimum atomic E-state index is -0.00563. The zero-order valence-electron chi connectivity index (χ0n) is 13.4. The molecule has 1 fully saturated rings. The Balaban J connectivity index is 2.14. The fraction of sp³-hybridized carbons (Fsp3) is 0.625. The van der Waals surface area contributed by atoms with Crippen LogP contribution >= 0.6 is 0 Å². The summed E-state index contributed by atoms with van der Waals surface area (Å²) in [6.07, 6.45) is 0.279. The maximum Gasteiger partial charge on any atom is 0.193 e. The number of nitrogens with one attached hydrogen (secondary N) is 1. The number of aromatic nitrogens is 1. The summed E-state index contributed by atoms with van der Waals surface area (Å²) in [4.78, 5) is 29.3. The monoisotopic (exact) mass is 292 g/mol. The number of H-pyrrole nitrogens is 1. The van der Waals surface area contributed by atoms with Gasteiger partial charge in [-0.3, -0.25) is 14.5 Å². The predicted octanol–water partition coefficient (Wildman–Crippen LogP) is 2.13. The first-order valence-corrected chi connectivity index (χ1v) is 7.40. The Labute approximate surface area is 125 Å². The molecule has 0 unspecified atom stereocenters. The van der Waals surface area contributed by atoms with Crippen molar-refractivity contribution in [2.75, 3.05) is 19.6 Å². The highest BCUT2D eigenvalue weighted by Crippen LogP contribution is 2.20. The summed E-state index contributed by atoms with van der Waals surface area (Å²) in [6.45, 7) is 11.1. The molecule has 21 heavy (non-hydrogen) atoms. The van der Waals surface area contributed by atoms with Gasteiger partial charge in [0.1, 0.15) is 0 Å². The molecular formula is C16H24N2O3. The molecule has 1 aliphatic rings. The number of carbonyl (C=O) groups is 2. The Morgan fingerprint density at radius 1 is 1.24 bits per heavy atom. The number of rotatable bonds is 4. The number of aromatic amines is 1. The first-order chi connectivity index (χ1) is 9.79. The van der Waals surface area contributed by atoms with Gasteiger partial charge in [0, 0.05) is 24.3 Å². The number of hydrogen-bond acceptors (Lipinski definition) is 4. The van der Waals surface area contributed by atoms with Crippen LogP contribution in [0.1, 0.15) is 52.9 Å². The lowest BCUT2D eigenvalue weighted by atomic mass is 10.0. The standard InChI is InChI=1S/C16H24N2O3/c1-9-6-18(7-10(2)21-9)8-14(20)16-11(3)15(13(5)19)12(4)17-16/h9-10,17H,6-8H2,1-5H3/t9-,10+. The molecule has 1 N–H and O–H groups in total. The zero-order chi connectivity index (χ0) is 15.7.